The number of nitrogens with two attached hydrogens (primary N) is 2. The maximum atomic E-state index is 5.81. The zero-order chi connectivity index (χ0) is 12.7. The summed E-state index contributed by atoms with van der Waals surface area (Å²) >= 11 is 0. The Labute approximate surface area is 105 Å². The lowest BCUT2D eigenvalue weighted by atomic mass is 9.71. The van der Waals surface area contributed by atoms with E-state index in [-0.39, 0.29) is 5.41 Å². The van der Waals surface area contributed by atoms with Crippen molar-refractivity contribution in [1.82, 2.24) is 0 Å². The molecule has 0 saturated carbocycles. The van der Waals surface area contributed by atoms with Gasteiger partial charge in [0.1, 0.15) is 0 Å². The Hall–Kier alpha value is -0.860. The van der Waals surface area contributed by atoms with Gasteiger partial charge in [0, 0.05) is 0 Å². The van der Waals surface area contributed by atoms with Crippen LogP contribution in [0.4, 0.5) is 0 Å². The van der Waals surface area contributed by atoms with Crippen LogP contribution < -0.4 is 11.5 Å². The maximum Gasteiger partial charge on any atom is -0.00229 e. The van der Waals surface area contributed by atoms with Gasteiger partial charge in [-0.3, -0.25) is 0 Å². The predicted molar refractivity (Wildman–Crippen MR) is 75.1 cm³/mol. The van der Waals surface area contributed by atoms with E-state index < -0.39 is 0 Å². The predicted octanol–water partition coefficient (Wildman–Crippen LogP) is 2.59. The van der Waals surface area contributed by atoms with Crippen molar-refractivity contribution in [2.24, 2.45) is 11.5 Å². The first-order chi connectivity index (χ1) is 8.24. The van der Waals surface area contributed by atoms with Crippen molar-refractivity contribution in [1.29, 1.82) is 0 Å². The van der Waals surface area contributed by atoms with E-state index in [1.807, 2.05) is 0 Å². The quantitative estimate of drug-likeness (QED) is 0.762. The summed E-state index contributed by atoms with van der Waals surface area (Å²) in [5.41, 5.74) is 14.7. The van der Waals surface area contributed by atoms with Gasteiger partial charge in [-0.05, 0) is 55.3 Å². The average molecular weight is 234 g/mol. The number of hydrogen-bond donors (Lipinski definition) is 2. The van der Waals surface area contributed by atoms with Crippen LogP contribution in [0.1, 0.15) is 44.2 Å². The van der Waals surface area contributed by atoms with Crippen LogP contribution in [-0.4, -0.2) is 13.1 Å². The van der Waals surface area contributed by atoms with E-state index in [9.17, 15) is 0 Å². The second-order valence-electron chi connectivity index (χ2n) is 4.72. The highest BCUT2D eigenvalue weighted by Crippen LogP contribution is 2.36. The molecule has 0 unspecified atom stereocenters. The zero-order valence-electron chi connectivity index (χ0n) is 11.2. The van der Waals surface area contributed by atoms with Gasteiger partial charge >= 0.3 is 0 Å². The minimum atomic E-state index is 0.177. The van der Waals surface area contributed by atoms with Gasteiger partial charge in [-0.15, -0.1) is 0 Å². The van der Waals surface area contributed by atoms with Crippen molar-refractivity contribution in [3.05, 3.63) is 35.4 Å². The fraction of sp³-hybridized carbons (Fsp3) is 0.600. The minimum absolute atomic E-state index is 0.177. The van der Waals surface area contributed by atoms with Gasteiger partial charge in [0.05, 0.1) is 0 Å². The summed E-state index contributed by atoms with van der Waals surface area (Å²) in [7, 11) is 0. The van der Waals surface area contributed by atoms with Crippen LogP contribution in [0.25, 0.3) is 0 Å². The zero-order valence-corrected chi connectivity index (χ0v) is 11.2. The van der Waals surface area contributed by atoms with Gasteiger partial charge in [0.2, 0.25) is 0 Å². The highest BCUT2D eigenvalue weighted by Gasteiger charge is 2.30. The fourth-order valence-electron chi connectivity index (χ4n) is 2.84. The van der Waals surface area contributed by atoms with Crippen LogP contribution in [-0.2, 0) is 11.8 Å². The molecule has 0 aromatic heterocycles. The largest absolute Gasteiger partial charge is 0.330 e. The second kappa shape index (κ2) is 6.77. The van der Waals surface area contributed by atoms with Crippen molar-refractivity contribution in [2.45, 2.75) is 44.9 Å². The Morgan fingerprint density at radius 1 is 1.00 bits per heavy atom. The molecule has 0 aliphatic heterocycles. The Bertz CT molecular complexity index is 327. The summed E-state index contributed by atoms with van der Waals surface area (Å²) in [5, 5.41) is 0. The van der Waals surface area contributed by atoms with Gasteiger partial charge < -0.3 is 11.5 Å². The van der Waals surface area contributed by atoms with E-state index in [0.717, 1.165) is 38.8 Å². The molecule has 0 atom stereocenters. The first kappa shape index (κ1) is 14.2. The monoisotopic (exact) mass is 234 g/mol. The minimum Gasteiger partial charge on any atom is -0.330 e. The highest BCUT2D eigenvalue weighted by atomic mass is 14.6. The van der Waals surface area contributed by atoms with E-state index in [1.165, 1.54) is 11.1 Å². The third-order valence-electron chi connectivity index (χ3n) is 3.89. The fourth-order valence-corrected chi connectivity index (χ4v) is 2.84. The Morgan fingerprint density at radius 3 is 2.06 bits per heavy atom. The summed E-state index contributed by atoms with van der Waals surface area (Å²) in [4.78, 5) is 0. The van der Waals surface area contributed by atoms with E-state index in [1.54, 1.807) is 0 Å². The highest BCUT2D eigenvalue weighted by molar-refractivity contribution is 5.34. The van der Waals surface area contributed by atoms with Gasteiger partial charge in [0.15, 0.2) is 0 Å². The molecular weight excluding hydrogens is 208 g/mol. The molecule has 2 nitrogen and oxygen atoms in total. The number of hydrogen-bond acceptors (Lipinski definition) is 2. The maximum absolute atomic E-state index is 5.81. The summed E-state index contributed by atoms with van der Waals surface area (Å²) < 4.78 is 0. The molecule has 0 bridgehead atoms. The van der Waals surface area contributed by atoms with Crippen LogP contribution in [0, 0.1) is 0 Å². The lowest BCUT2D eigenvalue weighted by molar-refractivity contribution is 0.359. The summed E-state index contributed by atoms with van der Waals surface area (Å²) in [6.07, 6.45) is 4.24. The van der Waals surface area contributed by atoms with E-state index >= 15 is 0 Å². The van der Waals surface area contributed by atoms with Crippen molar-refractivity contribution in [2.75, 3.05) is 13.1 Å². The molecule has 17 heavy (non-hydrogen) atoms. The molecule has 0 aliphatic carbocycles. The summed E-state index contributed by atoms with van der Waals surface area (Å²) in [6.45, 7) is 5.92. The molecule has 0 amide bonds. The molecule has 2 heteroatoms. The Balaban J connectivity index is 3.18. The molecule has 0 spiro atoms. The van der Waals surface area contributed by atoms with E-state index in [2.05, 4.69) is 38.1 Å². The van der Waals surface area contributed by atoms with Crippen LogP contribution in [0.3, 0.4) is 0 Å². The molecule has 1 rings (SSSR count). The van der Waals surface area contributed by atoms with Gasteiger partial charge in [-0.1, -0.05) is 38.1 Å². The van der Waals surface area contributed by atoms with Gasteiger partial charge in [0.25, 0.3) is 0 Å². The molecule has 0 saturated heterocycles. The third-order valence-corrected chi connectivity index (χ3v) is 3.89. The Kier molecular flexibility index (Phi) is 5.66. The van der Waals surface area contributed by atoms with Gasteiger partial charge in [-0.25, -0.2) is 0 Å². The summed E-state index contributed by atoms with van der Waals surface area (Å²) in [5.74, 6) is 0. The molecule has 4 N–H and O–H groups in total. The third kappa shape index (κ3) is 3.08. The number of benzene rings is 1. The summed E-state index contributed by atoms with van der Waals surface area (Å²) in [6, 6.07) is 8.74. The normalized spacial score (nSPS) is 11.8. The molecular formula is C15H26N2. The van der Waals surface area contributed by atoms with Crippen molar-refractivity contribution < 1.29 is 0 Å². The number of rotatable bonds is 7. The smallest absolute Gasteiger partial charge is 0.00229 e. The molecule has 0 radical (unpaired) electrons. The Morgan fingerprint density at radius 2 is 1.59 bits per heavy atom. The molecule has 0 fully saturated rings. The first-order valence-corrected chi connectivity index (χ1v) is 6.72. The standard InChI is InChI=1S/C15H26N2/c1-3-13-7-5-6-8-14(13)15(4-2,9-11-16)10-12-17/h5-8H,3-4,9-12,16-17H2,1-2H3. The SMILES string of the molecule is CCc1ccccc1C(CC)(CCN)CCN. The lowest BCUT2D eigenvalue weighted by Crippen LogP contribution is -2.32. The van der Waals surface area contributed by atoms with Crippen LogP contribution in [0.2, 0.25) is 0 Å². The molecule has 0 aliphatic rings. The first-order valence-electron chi connectivity index (χ1n) is 6.72. The molecule has 96 valence electrons. The van der Waals surface area contributed by atoms with Crippen molar-refractivity contribution in [3.63, 3.8) is 0 Å². The molecule has 1 aromatic carbocycles. The lowest BCUT2D eigenvalue weighted by Gasteiger charge is -2.34. The molecule has 0 heterocycles. The molecule has 1 aromatic rings. The average Bonchev–Trinajstić information content (AvgIpc) is 2.38. The van der Waals surface area contributed by atoms with Crippen LogP contribution >= 0.6 is 0 Å². The second-order valence-corrected chi connectivity index (χ2v) is 4.72. The van der Waals surface area contributed by atoms with Crippen molar-refractivity contribution >= 4 is 0 Å². The van der Waals surface area contributed by atoms with E-state index in [0.29, 0.717) is 0 Å². The topological polar surface area (TPSA) is 52.0 Å². The van der Waals surface area contributed by atoms with Crippen LogP contribution in [0.5, 0.6) is 0 Å². The van der Waals surface area contributed by atoms with Gasteiger partial charge in [-0.2, -0.15) is 0 Å². The van der Waals surface area contributed by atoms with Crippen LogP contribution in [0.15, 0.2) is 24.3 Å². The van der Waals surface area contributed by atoms with E-state index in [4.69, 9.17) is 11.5 Å². The van der Waals surface area contributed by atoms with Crippen molar-refractivity contribution in [3.8, 4) is 0 Å². The number of aryl methyl sites for hydroxylation is 1.